The third-order valence-corrected chi connectivity index (χ3v) is 2.14. The molecule has 1 aliphatic carbocycles. The third kappa shape index (κ3) is 2.01. The first-order valence-corrected chi connectivity index (χ1v) is 4.48. The highest BCUT2D eigenvalue weighted by atomic mass is 19.3. The molecule has 0 saturated carbocycles. The van der Waals surface area contributed by atoms with Gasteiger partial charge in [-0.3, -0.25) is 4.79 Å². The first-order valence-electron chi connectivity index (χ1n) is 4.48. The van der Waals surface area contributed by atoms with E-state index in [1.54, 1.807) is 30.3 Å². The lowest BCUT2D eigenvalue weighted by atomic mass is 9.95. The van der Waals surface area contributed by atoms with Gasteiger partial charge in [0, 0.05) is 11.6 Å². The Morgan fingerprint density at radius 3 is 2.40 bits per heavy atom. The summed E-state index contributed by atoms with van der Waals surface area (Å²) in [6.45, 7) is 0. The van der Waals surface area contributed by atoms with Crippen LogP contribution in [0, 0.1) is 0 Å². The number of allylic oxidation sites excluding steroid dienone is 4. The second-order valence-corrected chi connectivity index (χ2v) is 3.30. The van der Waals surface area contributed by atoms with Crippen LogP contribution in [0.2, 0.25) is 0 Å². The number of rotatable bonds is 1. The maximum atomic E-state index is 13.0. The van der Waals surface area contributed by atoms with Crippen molar-refractivity contribution in [2.75, 3.05) is 0 Å². The number of halogens is 2. The van der Waals surface area contributed by atoms with Gasteiger partial charge in [0.25, 0.3) is 5.92 Å². The van der Waals surface area contributed by atoms with Crippen molar-refractivity contribution in [1.82, 2.24) is 0 Å². The monoisotopic (exact) mass is 206 g/mol. The highest BCUT2D eigenvalue weighted by Crippen LogP contribution is 2.28. The van der Waals surface area contributed by atoms with Crippen molar-refractivity contribution < 1.29 is 13.6 Å². The molecule has 3 heteroatoms. The Bertz CT molecular complexity index is 444. The van der Waals surface area contributed by atoms with E-state index in [0.717, 1.165) is 6.08 Å². The maximum Gasteiger partial charge on any atom is 0.286 e. The molecule has 0 spiro atoms. The Labute approximate surface area is 85.7 Å². The molecule has 15 heavy (non-hydrogen) atoms. The summed E-state index contributed by atoms with van der Waals surface area (Å²) in [6.07, 6.45) is 2.23. The first-order chi connectivity index (χ1) is 7.08. The van der Waals surface area contributed by atoms with Crippen molar-refractivity contribution in [3.8, 4) is 0 Å². The average molecular weight is 206 g/mol. The second-order valence-electron chi connectivity index (χ2n) is 3.30. The van der Waals surface area contributed by atoms with Gasteiger partial charge in [-0.15, -0.1) is 0 Å². The predicted molar refractivity (Wildman–Crippen MR) is 53.5 cm³/mol. The van der Waals surface area contributed by atoms with Crippen molar-refractivity contribution in [2.24, 2.45) is 0 Å². The molecule has 1 nitrogen and oxygen atoms in total. The minimum atomic E-state index is -3.03. The molecule has 0 aliphatic heterocycles. The van der Waals surface area contributed by atoms with Crippen LogP contribution in [0.4, 0.5) is 8.78 Å². The Kier molecular flexibility index (Phi) is 2.23. The lowest BCUT2D eigenvalue weighted by Crippen LogP contribution is -2.16. The van der Waals surface area contributed by atoms with Gasteiger partial charge < -0.3 is 0 Å². The van der Waals surface area contributed by atoms with Crippen LogP contribution < -0.4 is 0 Å². The summed E-state index contributed by atoms with van der Waals surface area (Å²) < 4.78 is 26.0. The minimum absolute atomic E-state index is 0.0584. The molecule has 0 heterocycles. The molecule has 0 saturated heterocycles. The Morgan fingerprint density at radius 2 is 1.73 bits per heavy atom. The molecule has 0 fully saturated rings. The number of ketones is 1. The fraction of sp³-hybridized carbons (Fsp3) is 0.0833. The highest BCUT2D eigenvalue weighted by molar-refractivity contribution is 6.27. The molecule has 2 rings (SSSR count). The van der Waals surface area contributed by atoms with Gasteiger partial charge in [-0.25, -0.2) is 0 Å². The van der Waals surface area contributed by atoms with Gasteiger partial charge in [-0.2, -0.15) is 8.78 Å². The Balaban J connectivity index is 2.45. The standard InChI is InChI=1S/C12H8F2O/c13-12(14)7-6-11(15)10(8-12)9-4-2-1-3-5-9/h1-8H. The minimum Gasteiger partial charge on any atom is -0.289 e. The van der Waals surface area contributed by atoms with Gasteiger partial charge in [-0.05, 0) is 17.7 Å². The van der Waals surface area contributed by atoms with Crippen LogP contribution in [0.25, 0.3) is 5.57 Å². The van der Waals surface area contributed by atoms with Gasteiger partial charge in [-0.1, -0.05) is 30.3 Å². The molecule has 0 aromatic heterocycles. The van der Waals surface area contributed by atoms with E-state index in [-0.39, 0.29) is 11.4 Å². The van der Waals surface area contributed by atoms with E-state index >= 15 is 0 Å². The van der Waals surface area contributed by atoms with Crippen LogP contribution in [0.1, 0.15) is 5.56 Å². The van der Waals surface area contributed by atoms with Gasteiger partial charge in [0.2, 0.25) is 0 Å². The van der Waals surface area contributed by atoms with Gasteiger partial charge in [0.15, 0.2) is 5.78 Å². The Hall–Kier alpha value is -1.77. The smallest absolute Gasteiger partial charge is 0.286 e. The molecule has 76 valence electrons. The molecule has 1 aromatic carbocycles. The lowest BCUT2D eigenvalue weighted by molar-refractivity contribution is -0.110. The van der Waals surface area contributed by atoms with Gasteiger partial charge in [0.1, 0.15) is 0 Å². The summed E-state index contributed by atoms with van der Waals surface area (Å²) in [5.74, 6) is -3.41. The van der Waals surface area contributed by atoms with E-state index in [4.69, 9.17) is 0 Å². The van der Waals surface area contributed by atoms with Crippen molar-refractivity contribution in [3.05, 3.63) is 54.1 Å². The van der Waals surface area contributed by atoms with Crippen LogP contribution in [-0.4, -0.2) is 11.7 Å². The molecule has 0 amide bonds. The quantitative estimate of drug-likeness (QED) is 0.690. The molecule has 0 radical (unpaired) electrons. The van der Waals surface area contributed by atoms with Crippen LogP contribution in [0.15, 0.2) is 48.6 Å². The zero-order chi connectivity index (χ0) is 10.9. The molecule has 0 N–H and O–H groups in total. The van der Waals surface area contributed by atoms with Crippen molar-refractivity contribution >= 4 is 11.4 Å². The molecule has 1 aromatic rings. The van der Waals surface area contributed by atoms with E-state index in [0.29, 0.717) is 17.7 Å². The van der Waals surface area contributed by atoms with Crippen LogP contribution in [-0.2, 0) is 4.79 Å². The van der Waals surface area contributed by atoms with Crippen LogP contribution >= 0.6 is 0 Å². The maximum absolute atomic E-state index is 13.0. The van der Waals surface area contributed by atoms with E-state index in [1.807, 2.05) is 0 Å². The zero-order valence-electron chi connectivity index (χ0n) is 7.78. The average Bonchev–Trinajstić information content (AvgIpc) is 2.23. The fourth-order valence-corrected chi connectivity index (χ4v) is 1.43. The summed E-state index contributed by atoms with van der Waals surface area (Å²) in [5, 5.41) is 0. The van der Waals surface area contributed by atoms with Gasteiger partial charge in [0.05, 0.1) is 0 Å². The molecule has 1 aliphatic rings. The first kappa shape index (κ1) is 9.77. The molecule has 0 unspecified atom stereocenters. The topological polar surface area (TPSA) is 17.1 Å². The normalized spacial score (nSPS) is 18.8. The van der Waals surface area contributed by atoms with E-state index in [2.05, 4.69) is 0 Å². The van der Waals surface area contributed by atoms with Crippen LogP contribution in [0.5, 0.6) is 0 Å². The number of carbonyl (C=O) groups is 1. The van der Waals surface area contributed by atoms with E-state index in [9.17, 15) is 13.6 Å². The van der Waals surface area contributed by atoms with Crippen molar-refractivity contribution in [2.45, 2.75) is 5.92 Å². The highest BCUT2D eigenvalue weighted by Gasteiger charge is 2.29. The largest absolute Gasteiger partial charge is 0.289 e. The third-order valence-electron chi connectivity index (χ3n) is 2.14. The zero-order valence-corrected chi connectivity index (χ0v) is 7.78. The molecular weight excluding hydrogens is 198 g/mol. The number of carbonyl (C=O) groups excluding carboxylic acids is 1. The van der Waals surface area contributed by atoms with Crippen LogP contribution in [0.3, 0.4) is 0 Å². The molecule has 0 atom stereocenters. The number of alkyl halides is 2. The number of hydrogen-bond donors (Lipinski definition) is 0. The van der Waals surface area contributed by atoms with Crippen molar-refractivity contribution in [1.29, 1.82) is 0 Å². The summed E-state index contributed by atoms with van der Waals surface area (Å²) in [4.78, 5) is 11.4. The van der Waals surface area contributed by atoms with Gasteiger partial charge >= 0.3 is 0 Å². The summed E-state index contributed by atoms with van der Waals surface area (Å²) in [6, 6.07) is 8.46. The second kappa shape index (κ2) is 3.42. The molecular formula is C12H8F2O. The molecule has 0 bridgehead atoms. The van der Waals surface area contributed by atoms with Crippen molar-refractivity contribution in [3.63, 3.8) is 0 Å². The summed E-state index contributed by atoms with van der Waals surface area (Å²) in [7, 11) is 0. The number of benzene rings is 1. The SMILES string of the molecule is O=C1C=CC(F)(F)C=C1c1ccccc1. The number of hydrogen-bond acceptors (Lipinski definition) is 1. The lowest BCUT2D eigenvalue weighted by Gasteiger charge is -2.14. The summed E-state index contributed by atoms with van der Waals surface area (Å²) >= 11 is 0. The Morgan fingerprint density at radius 1 is 1.07 bits per heavy atom. The summed E-state index contributed by atoms with van der Waals surface area (Å²) in [5.41, 5.74) is 0.578. The fourth-order valence-electron chi connectivity index (χ4n) is 1.43. The predicted octanol–water partition coefficient (Wildman–Crippen LogP) is 2.84. The van der Waals surface area contributed by atoms with E-state index < -0.39 is 5.92 Å². The van der Waals surface area contributed by atoms with E-state index in [1.165, 1.54) is 0 Å².